The van der Waals surface area contributed by atoms with Crippen LogP contribution in [0.3, 0.4) is 0 Å². The number of hydrogen-bond acceptors (Lipinski definition) is 6. The van der Waals surface area contributed by atoms with Crippen LogP contribution in [0.25, 0.3) is 0 Å². The van der Waals surface area contributed by atoms with E-state index >= 15 is 0 Å². The maximum absolute atomic E-state index is 12.0. The molecule has 2 heterocycles. The van der Waals surface area contributed by atoms with Crippen LogP contribution >= 0.6 is 0 Å². The van der Waals surface area contributed by atoms with Crippen molar-refractivity contribution in [3.05, 3.63) is 35.9 Å². The third kappa shape index (κ3) is 6.30. The lowest BCUT2D eigenvalue weighted by molar-refractivity contribution is -0.121. The summed E-state index contributed by atoms with van der Waals surface area (Å²) in [6.45, 7) is 4.33. The van der Waals surface area contributed by atoms with Crippen molar-refractivity contribution in [3.63, 3.8) is 0 Å². The van der Waals surface area contributed by atoms with Gasteiger partial charge in [0.2, 0.25) is 5.91 Å². The number of rotatable bonds is 5. The van der Waals surface area contributed by atoms with Crippen molar-refractivity contribution in [3.8, 4) is 0 Å². The van der Waals surface area contributed by atoms with E-state index in [0.29, 0.717) is 6.42 Å². The molecular formula is C18H26N4O4S. The van der Waals surface area contributed by atoms with Gasteiger partial charge in [0.05, 0.1) is 18.1 Å². The van der Waals surface area contributed by atoms with Gasteiger partial charge in [-0.3, -0.25) is 19.9 Å². The van der Waals surface area contributed by atoms with E-state index in [-0.39, 0.29) is 24.0 Å². The molecule has 2 fully saturated rings. The van der Waals surface area contributed by atoms with E-state index < -0.39 is 21.9 Å². The van der Waals surface area contributed by atoms with Gasteiger partial charge in [0.15, 0.2) is 9.84 Å². The van der Waals surface area contributed by atoms with Gasteiger partial charge in [-0.15, -0.1) is 0 Å². The minimum Gasteiger partial charge on any atom is -0.334 e. The topological polar surface area (TPSA) is 98.8 Å². The van der Waals surface area contributed by atoms with Crippen molar-refractivity contribution in [2.75, 3.05) is 44.2 Å². The molecule has 0 saturated carbocycles. The zero-order valence-corrected chi connectivity index (χ0v) is 16.1. The van der Waals surface area contributed by atoms with Crippen molar-refractivity contribution >= 4 is 21.8 Å². The van der Waals surface area contributed by atoms with Gasteiger partial charge in [-0.1, -0.05) is 30.3 Å². The van der Waals surface area contributed by atoms with Crippen LogP contribution in [0.5, 0.6) is 0 Å². The van der Waals surface area contributed by atoms with Gasteiger partial charge in [0.25, 0.3) is 0 Å². The first-order chi connectivity index (χ1) is 12.9. The fourth-order valence-electron chi connectivity index (χ4n) is 3.45. The maximum Gasteiger partial charge on any atom is 0.321 e. The molecule has 3 rings (SSSR count). The first-order valence-corrected chi connectivity index (χ1v) is 11.0. The van der Waals surface area contributed by atoms with Crippen molar-refractivity contribution in [2.24, 2.45) is 0 Å². The Morgan fingerprint density at radius 1 is 1.04 bits per heavy atom. The molecule has 2 saturated heterocycles. The number of imide groups is 1. The molecule has 2 N–H and O–H groups in total. The molecule has 1 aromatic carbocycles. The van der Waals surface area contributed by atoms with Crippen LogP contribution in [0.4, 0.5) is 4.79 Å². The molecule has 2 aliphatic rings. The van der Waals surface area contributed by atoms with Gasteiger partial charge in [0, 0.05) is 38.8 Å². The van der Waals surface area contributed by atoms with Crippen LogP contribution in [0, 0.1) is 0 Å². The van der Waals surface area contributed by atoms with Gasteiger partial charge >= 0.3 is 6.03 Å². The molecule has 1 aromatic rings. The Balaban J connectivity index is 1.35. The Morgan fingerprint density at radius 3 is 2.33 bits per heavy atom. The average molecular weight is 394 g/mol. The fourth-order valence-corrected chi connectivity index (χ4v) is 5.12. The highest BCUT2D eigenvalue weighted by Gasteiger charge is 2.29. The summed E-state index contributed by atoms with van der Waals surface area (Å²) in [6.07, 6.45) is 0.396. The minimum atomic E-state index is -3.06. The summed E-state index contributed by atoms with van der Waals surface area (Å²) >= 11 is 0. The highest BCUT2D eigenvalue weighted by Crippen LogP contribution is 2.11. The number of carbonyl (C=O) groups is 2. The third-order valence-electron chi connectivity index (χ3n) is 4.90. The number of hydrogen-bond donors (Lipinski definition) is 2. The highest BCUT2D eigenvalue weighted by molar-refractivity contribution is 7.91. The molecule has 0 unspecified atom stereocenters. The zero-order valence-electron chi connectivity index (χ0n) is 15.3. The molecule has 0 aliphatic carbocycles. The Bertz CT molecular complexity index is 761. The molecule has 8 nitrogen and oxygen atoms in total. The molecule has 0 aromatic heterocycles. The Kier molecular flexibility index (Phi) is 6.46. The number of urea groups is 1. The van der Waals surface area contributed by atoms with E-state index in [1.807, 2.05) is 23.1 Å². The first kappa shape index (κ1) is 19.8. The van der Waals surface area contributed by atoms with Crippen molar-refractivity contribution in [2.45, 2.75) is 19.0 Å². The van der Waals surface area contributed by atoms with Crippen LogP contribution in [-0.2, 0) is 21.2 Å². The van der Waals surface area contributed by atoms with Crippen LogP contribution < -0.4 is 10.6 Å². The van der Waals surface area contributed by atoms with Crippen molar-refractivity contribution < 1.29 is 18.0 Å². The molecule has 9 heteroatoms. The van der Waals surface area contributed by atoms with E-state index in [4.69, 9.17) is 0 Å². The van der Waals surface area contributed by atoms with Gasteiger partial charge in [0.1, 0.15) is 0 Å². The summed E-state index contributed by atoms with van der Waals surface area (Å²) in [5.74, 6) is -0.346. The van der Waals surface area contributed by atoms with E-state index in [9.17, 15) is 18.0 Å². The lowest BCUT2D eigenvalue weighted by Crippen LogP contribution is -2.51. The number of nitrogens with zero attached hydrogens (tertiary/aromatic N) is 2. The monoisotopic (exact) mass is 394 g/mol. The summed E-state index contributed by atoms with van der Waals surface area (Å²) in [7, 11) is -3.06. The molecular weight excluding hydrogens is 368 g/mol. The molecule has 1 atom stereocenters. The smallest absolute Gasteiger partial charge is 0.321 e. The Labute approximate surface area is 159 Å². The summed E-state index contributed by atoms with van der Waals surface area (Å²) < 4.78 is 22.8. The first-order valence-electron chi connectivity index (χ1n) is 9.19. The second kappa shape index (κ2) is 8.81. The summed E-state index contributed by atoms with van der Waals surface area (Å²) in [5.41, 5.74) is 1.27. The Hall–Kier alpha value is -1.97. The van der Waals surface area contributed by atoms with E-state index in [1.165, 1.54) is 5.56 Å². The number of benzene rings is 1. The van der Waals surface area contributed by atoms with Gasteiger partial charge in [-0.2, -0.15) is 0 Å². The Morgan fingerprint density at radius 2 is 1.70 bits per heavy atom. The molecule has 0 radical (unpaired) electrons. The number of carbonyl (C=O) groups excluding carboxylic acids is 2. The van der Waals surface area contributed by atoms with Crippen molar-refractivity contribution in [1.82, 2.24) is 20.4 Å². The molecule has 0 bridgehead atoms. The normalized spacial score (nSPS) is 23.0. The second-order valence-electron chi connectivity index (χ2n) is 7.16. The molecule has 27 heavy (non-hydrogen) atoms. The number of piperazine rings is 1. The van der Waals surface area contributed by atoms with Crippen LogP contribution in [0.2, 0.25) is 0 Å². The summed E-state index contributed by atoms with van der Waals surface area (Å²) in [4.78, 5) is 28.3. The molecule has 148 valence electrons. The summed E-state index contributed by atoms with van der Waals surface area (Å²) in [6, 6.07) is 9.24. The number of amides is 3. The van der Waals surface area contributed by atoms with Gasteiger partial charge in [-0.05, 0) is 12.0 Å². The largest absolute Gasteiger partial charge is 0.334 e. The molecule has 3 amide bonds. The van der Waals surface area contributed by atoms with E-state index in [2.05, 4.69) is 27.7 Å². The molecule has 2 aliphatic heterocycles. The zero-order chi connectivity index (χ0) is 19.3. The molecule has 0 spiro atoms. The predicted molar refractivity (Wildman–Crippen MR) is 102 cm³/mol. The quantitative estimate of drug-likeness (QED) is 0.719. The maximum atomic E-state index is 12.0. The minimum absolute atomic E-state index is 0.0576. The van der Waals surface area contributed by atoms with E-state index in [1.54, 1.807) is 0 Å². The number of nitrogens with one attached hydrogen (secondary N) is 2. The third-order valence-corrected chi connectivity index (χ3v) is 6.67. The lowest BCUT2D eigenvalue weighted by atomic mass is 10.2. The van der Waals surface area contributed by atoms with Gasteiger partial charge in [-0.25, -0.2) is 13.2 Å². The second-order valence-corrected chi connectivity index (χ2v) is 9.39. The van der Waals surface area contributed by atoms with Gasteiger partial charge < -0.3 is 5.32 Å². The van der Waals surface area contributed by atoms with Crippen LogP contribution in [0.15, 0.2) is 30.3 Å². The number of sulfone groups is 1. The standard InChI is InChI=1S/C18H26N4O4S/c23-17(20-18(24)19-16-6-11-27(25,26)14-16)13-22-9-7-21(8-10-22)12-15-4-2-1-3-5-15/h1-5,16H,6-14H2,(H2,19,20,23,24)/t16-/m0/s1. The van der Waals surface area contributed by atoms with Crippen molar-refractivity contribution in [1.29, 1.82) is 0 Å². The highest BCUT2D eigenvalue weighted by atomic mass is 32.2. The SMILES string of the molecule is O=C(CN1CCN(Cc2ccccc2)CC1)NC(=O)N[C@H]1CCS(=O)(=O)C1. The van der Waals surface area contributed by atoms with E-state index in [0.717, 1.165) is 32.7 Å². The predicted octanol–water partition coefficient (Wildman–Crippen LogP) is -0.183. The summed E-state index contributed by atoms with van der Waals surface area (Å²) in [5, 5.41) is 4.85. The van der Waals surface area contributed by atoms with Crippen LogP contribution in [-0.4, -0.2) is 80.4 Å². The fraction of sp³-hybridized carbons (Fsp3) is 0.556. The van der Waals surface area contributed by atoms with Crippen LogP contribution in [0.1, 0.15) is 12.0 Å². The average Bonchev–Trinajstić information content (AvgIpc) is 2.95. The lowest BCUT2D eigenvalue weighted by Gasteiger charge is -2.34.